The molecule has 1 aromatic carbocycles. The minimum Gasteiger partial charge on any atom is -0.292 e. The van der Waals surface area contributed by atoms with E-state index in [0.717, 1.165) is 9.37 Å². The van der Waals surface area contributed by atoms with Crippen LogP contribution < -0.4 is 11.3 Å². The lowest BCUT2D eigenvalue weighted by atomic mass is 10.4. The summed E-state index contributed by atoms with van der Waals surface area (Å²) in [4.78, 5) is 19.5. The number of anilines is 1. The summed E-state index contributed by atoms with van der Waals surface area (Å²) in [5.74, 6) is 5.41. The second-order valence-electron chi connectivity index (χ2n) is 3.74. The van der Waals surface area contributed by atoms with Crippen molar-refractivity contribution < 1.29 is 4.92 Å². The number of hydrogen-bond acceptors (Lipinski definition) is 7. The summed E-state index contributed by atoms with van der Waals surface area (Å²) in [5.41, 5.74) is 2.45. The molecule has 2 rings (SSSR count). The molecule has 2 aromatic rings. The van der Waals surface area contributed by atoms with E-state index >= 15 is 0 Å². The zero-order chi connectivity index (χ0) is 14.7. The Kier molecular flexibility index (Phi) is 4.53. The highest BCUT2D eigenvalue weighted by Gasteiger charge is 2.22. The third kappa shape index (κ3) is 3.24. The van der Waals surface area contributed by atoms with Crippen LogP contribution in [0.25, 0.3) is 0 Å². The van der Waals surface area contributed by atoms with Crippen LogP contribution in [0.4, 0.5) is 11.6 Å². The van der Waals surface area contributed by atoms with Gasteiger partial charge in [-0.3, -0.25) is 15.5 Å². The minimum atomic E-state index is -0.489. The fourth-order valence-corrected chi connectivity index (χ4v) is 2.71. The van der Waals surface area contributed by atoms with Gasteiger partial charge >= 0.3 is 5.69 Å². The van der Waals surface area contributed by atoms with Crippen molar-refractivity contribution in [3.8, 4) is 0 Å². The molecule has 0 atom stereocenters. The summed E-state index contributed by atoms with van der Waals surface area (Å²) >= 11 is 4.52. The van der Waals surface area contributed by atoms with E-state index in [1.807, 2.05) is 24.3 Å². The molecule has 1 heterocycles. The molecule has 9 heteroatoms. The number of nitrogens with one attached hydrogen (secondary N) is 1. The van der Waals surface area contributed by atoms with Gasteiger partial charge in [-0.15, -0.1) is 0 Å². The lowest BCUT2D eigenvalue weighted by molar-refractivity contribution is -0.389. The zero-order valence-electron chi connectivity index (χ0n) is 10.3. The van der Waals surface area contributed by atoms with Crippen LogP contribution in [-0.2, 0) is 0 Å². The normalized spacial score (nSPS) is 10.3. The van der Waals surface area contributed by atoms with Crippen LogP contribution in [0.5, 0.6) is 0 Å². The van der Waals surface area contributed by atoms with E-state index in [2.05, 4.69) is 31.3 Å². The number of nitrogen functional groups attached to an aromatic ring is 1. The second kappa shape index (κ2) is 6.16. The van der Waals surface area contributed by atoms with Crippen molar-refractivity contribution in [1.82, 2.24) is 9.97 Å². The first-order chi connectivity index (χ1) is 9.51. The molecule has 3 N–H and O–H groups in total. The summed E-state index contributed by atoms with van der Waals surface area (Å²) in [6.45, 7) is 1.55. The molecule has 1 aromatic heterocycles. The number of aromatic nitrogens is 2. The van der Waals surface area contributed by atoms with Crippen molar-refractivity contribution in [2.75, 3.05) is 5.43 Å². The molecular weight excluding hydrogens is 346 g/mol. The molecule has 0 amide bonds. The number of nitro groups is 1. The third-order valence-corrected chi connectivity index (χ3v) is 3.88. The van der Waals surface area contributed by atoms with Crippen molar-refractivity contribution in [3.05, 3.63) is 44.5 Å². The van der Waals surface area contributed by atoms with Gasteiger partial charge in [0, 0.05) is 9.37 Å². The quantitative estimate of drug-likeness (QED) is 0.375. The van der Waals surface area contributed by atoms with Crippen LogP contribution in [0.3, 0.4) is 0 Å². The molecule has 0 aliphatic heterocycles. The molecule has 0 radical (unpaired) electrons. The van der Waals surface area contributed by atoms with Crippen LogP contribution in [0.2, 0.25) is 0 Å². The summed E-state index contributed by atoms with van der Waals surface area (Å²) in [5, 5.41) is 11.4. The molecule has 20 heavy (non-hydrogen) atoms. The Morgan fingerprint density at radius 3 is 2.55 bits per heavy atom. The summed E-state index contributed by atoms with van der Waals surface area (Å²) in [6.07, 6.45) is 0. The van der Waals surface area contributed by atoms with Gasteiger partial charge in [0.15, 0.2) is 5.03 Å². The van der Waals surface area contributed by atoms with Crippen LogP contribution in [0.1, 0.15) is 5.69 Å². The maximum Gasteiger partial charge on any atom is 0.322 e. The molecule has 0 unspecified atom stereocenters. The molecule has 0 spiro atoms. The lowest BCUT2D eigenvalue weighted by Gasteiger charge is -2.06. The van der Waals surface area contributed by atoms with E-state index in [0.29, 0.717) is 0 Å². The fraction of sp³-hybridized carbons (Fsp3) is 0.0909. The Morgan fingerprint density at radius 2 is 2.00 bits per heavy atom. The van der Waals surface area contributed by atoms with E-state index in [1.54, 1.807) is 6.92 Å². The van der Waals surface area contributed by atoms with Crippen LogP contribution in [0, 0.1) is 17.0 Å². The number of hydrazine groups is 1. The molecule has 0 bridgehead atoms. The van der Waals surface area contributed by atoms with Gasteiger partial charge in [-0.2, -0.15) is 4.98 Å². The van der Waals surface area contributed by atoms with Gasteiger partial charge in [-0.05, 0) is 31.2 Å². The number of rotatable bonds is 4. The minimum absolute atomic E-state index is 0.114. The first kappa shape index (κ1) is 14.7. The van der Waals surface area contributed by atoms with Crippen molar-refractivity contribution in [2.45, 2.75) is 16.8 Å². The number of benzene rings is 1. The molecule has 0 aliphatic carbocycles. The lowest BCUT2D eigenvalue weighted by Crippen LogP contribution is -2.12. The summed E-state index contributed by atoms with van der Waals surface area (Å²) < 4.78 is 0.930. The van der Waals surface area contributed by atoms with E-state index in [9.17, 15) is 10.1 Å². The molecule has 104 valence electrons. The average Bonchev–Trinajstić information content (AvgIpc) is 2.40. The molecular formula is C11H10BrN5O2S. The molecule has 7 nitrogen and oxygen atoms in total. The number of nitrogens with zero attached hydrogens (tertiary/aromatic N) is 3. The van der Waals surface area contributed by atoms with Crippen molar-refractivity contribution in [2.24, 2.45) is 5.84 Å². The molecule has 0 saturated heterocycles. The summed E-state index contributed by atoms with van der Waals surface area (Å²) in [6, 6.07) is 7.38. The average molecular weight is 356 g/mol. The maximum atomic E-state index is 11.1. The van der Waals surface area contributed by atoms with Crippen molar-refractivity contribution in [1.29, 1.82) is 0 Å². The predicted molar refractivity (Wildman–Crippen MR) is 79.5 cm³/mol. The van der Waals surface area contributed by atoms with E-state index in [4.69, 9.17) is 5.84 Å². The SMILES string of the molecule is Cc1nc(NN)nc(Sc2ccc(Br)cc2)c1[N+](=O)[O-]. The van der Waals surface area contributed by atoms with E-state index in [1.165, 1.54) is 11.8 Å². The van der Waals surface area contributed by atoms with Gasteiger partial charge in [-0.1, -0.05) is 27.7 Å². The first-order valence-corrected chi connectivity index (χ1v) is 7.05. The number of hydrogen-bond donors (Lipinski definition) is 2. The van der Waals surface area contributed by atoms with Gasteiger partial charge in [0.1, 0.15) is 5.69 Å². The highest BCUT2D eigenvalue weighted by atomic mass is 79.9. The Labute approximate surface area is 127 Å². The van der Waals surface area contributed by atoms with Gasteiger partial charge in [0.25, 0.3) is 0 Å². The van der Waals surface area contributed by atoms with Crippen LogP contribution in [0.15, 0.2) is 38.7 Å². The Hall–Kier alpha value is -1.71. The molecule has 0 saturated carbocycles. The number of aryl methyl sites for hydroxylation is 1. The molecule has 0 fully saturated rings. The first-order valence-electron chi connectivity index (χ1n) is 5.44. The molecule has 0 aliphatic rings. The second-order valence-corrected chi connectivity index (χ2v) is 5.72. The number of halogens is 1. The van der Waals surface area contributed by atoms with Gasteiger partial charge in [-0.25, -0.2) is 10.8 Å². The highest BCUT2D eigenvalue weighted by molar-refractivity contribution is 9.10. The number of nitrogens with two attached hydrogens (primary N) is 1. The van der Waals surface area contributed by atoms with Gasteiger partial charge < -0.3 is 0 Å². The fourth-order valence-electron chi connectivity index (χ4n) is 1.50. The highest BCUT2D eigenvalue weighted by Crippen LogP contribution is 2.35. The van der Waals surface area contributed by atoms with Gasteiger partial charge in [0.2, 0.25) is 5.95 Å². The smallest absolute Gasteiger partial charge is 0.292 e. The maximum absolute atomic E-state index is 11.1. The monoisotopic (exact) mass is 355 g/mol. The van der Waals surface area contributed by atoms with Crippen molar-refractivity contribution >= 4 is 39.3 Å². The summed E-state index contributed by atoms with van der Waals surface area (Å²) in [7, 11) is 0. The Morgan fingerprint density at radius 1 is 1.35 bits per heavy atom. The Balaban J connectivity index is 2.45. The predicted octanol–water partition coefficient (Wildman–Crippen LogP) is 2.89. The van der Waals surface area contributed by atoms with Crippen molar-refractivity contribution in [3.63, 3.8) is 0 Å². The van der Waals surface area contributed by atoms with Crippen LogP contribution in [-0.4, -0.2) is 14.9 Å². The van der Waals surface area contributed by atoms with E-state index < -0.39 is 4.92 Å². The largest absolute Gasteiger partial charge is 0.322 e. The van der Waals surface area contributed by atoms with Gasteiger partial charge in [0.05, 0.1) is 4.92 Å². The standard InChI is InChI=1S/C11H10BrN5O2S/c1-6-9(17(18)19)10(15-11(14-6)16-13)20-8-4-2-7(12)3-5-8/h2-5H,13H2,1H3,(H,14,15,16). The zero-order valence-corrected chi connectivity index (χ0v) is 12.7. The van der Waals surface area contributed by atoms with E-state index in [-0.39, 0.29) is 22.4 Å². The Bertz CT molecular complexity index is 650. The van der Waals surface area contributed by atoms with Crippen LogP contribution >= 0.6 is 27.7 Å². The third-order valence-electron chi connectivity index (χ3n) is 2.37. The topological polar surface area (TPSA) is 107 Å².